The van der Waals surface area contributed by atoms with E-state index in [0.717, 1.165) is 24.9 Å². The molecule has 1 N–H and O–H groups in total. The van der Waals surface area contributed by atoms with Gasteiger partial charge in [0.1, 0.15) is 0 Å². The number of benzene rings is 1. The van der Waals surface area contributed by atoms with Crippen LogP contribution in [0.3, 0.4) is 0 Å². The molecule has 2 fully saturated rings. The van der Waals surface area contributed by atoms with Crippen molar-refractivity contribution in [2.24, 2.45) is 5.92 Å². The normalized spacial score (nSPS) is 24.7. The van der Waals surface area contributed by atoms with Crippen LogP contribution in [-0.2, 0) is 9.84 Å². The van der Waals surface area contributed by atoms with Crippen LogP contribution in [0.2, 0.25) is 0 Å². The molecular formula is C17H24N2O3S. The van der Waals surface area contributed by atoms with Crippen LogP contribution in [0.1, 0.15) is 31.7 Å². The quantitative estimate of drug-likeness (QED) is 0.918. The lowest BCUT2D eigenvalue weighted by Gasteiger charge is -2.28. The molecule has 3 unspecified atom stereocenters. The van der Waals surface area contributed by atoms with Crippen LogP contribution in [0.15, 0.2) is 29.2 Å². The van der Waals surface area contributed by atoms with Gasteiger partial charge in [0.05, 0.1) is 10.6 Å². The van der Waals surface area contributed by atoms with Gasteiger partial charge in [-0.05, 0) is 51.2 Å². The summed E-state index contributed by atoms with van der Waals surface area (Å²) in [7, 11) is -3.39. The number of amides is 2. The first kappa shape index (κ1) is 16.3. The molecule has 2 amide bonds. The zero-order valence-corrected chi connectivity index (χ0v) is 14.5. The number of hydrogen-bond donors (Lipinski definition) is 1. The number of nitrogens with one attached hydrogen (secondary N) is 1. The number of piperidine rings is 1. The molecule has 3 rings (SSSR count). The van der Waals surface area contributed by atoms with Gasteiger partial charge in [0, 0.05) is 18.6 Å². The molecule has 0 radical (unpaired) electrons. The van der Waals surface area contributed by atoms with Crippen molar-refractivity contribution in [3.05, 3.63) is 29.8 Å². The molecule has 1 aromatic carbocycles. The number of carbonyl (C=O) groups excluding carboxylic acids is 1. The van der Waals surface area contributed by atoms with Gasteiger partial charge in [-0.3, -0.25) is 0 Å². The number of carbonyl (C=O) groups is 1. The van der Waals surface area contributed by atoms with E-state index < -0.39 is 15.9 Å². The van der Waals surface area contributed by atoms with Crippen LogP contribution < -0.4 is 5.32 Å². The second-order valence-electron chi connectivity index (χ2n) is 6.93. The Morgan fingerprint density at radius 1 is 1.30 bits per heavy atom. The molecule has 1 aliphatic carbocycles. The fourth-order valence-electron chi connectivity index (χ4n) is 3.68. The first-order valence-corrected chi connectivity index (χ1v) is 9.87. The first-order valence-electron chi connectivity index (χ1n) is 8.22. The third kappa shape index (κ3) is 3.52. The summed E-state index contributed by atoms with van der Waals surface area (Å²) in [6, 6.07) is 6.64. The monoisotopic (exact) mass is 336 g/mol. The van der Waals surface area contributed by atoms with E-state index in [1.54, 1.807) is 31.2 Å². The summed E-state index contributed by atoms with van der Waals surface area (Å²) in [6.07, 6.45) is 3.39. The standard InChI is InChI=1S/C17H24N2O3S/c1-12-3-7-16(8-4-12)23(21,22)11-13(2)18-17(20)19-10-14-5-6-15(19)9-14/h3-4,7-8,13-15H,5-6,9-11H2,1-2H3,(H,18,20). The predicted molar refractivity (Wildman–Crippen MR) is 89.1 cm³/mol. The lowest BCUT2D eigenvalue weighted by atomic mass is 10.1. The number of rotatable bonds is 4. The maximum atomic E-state index is 12.4. The molecule has 6 heteroatoms. The van der Waals surface area contributed by atoms with Gasteiger partial charge < -0.3 is 10.2 Å². The Labute approximate surface area is 138 Å². The SMILES string of the molecule is Cc1ccc(S(=O)(=O)CC(C)NC(=O)N2CC3CCC2C3)cc1. The number of urea groups is 1. The third-order valence-corrected chi connectivity index (χ3v) is 6.82. The summed E-state index contributed by atoms with van der Waals surface area (Å²) >= 11 is 0. The minimum absolute atomic E-state index is 0.0796. The molecule has 126 valence electrons. The Hall–Kier alpha value is -1.56. The first-order chi connectivity index (χ1) is 10.8. The highest BCUT2D eigenvalue weighted by atomic mass is 32.2. The van der Waals surface area contributed by atoms with Crippen molar-refractivity contribution in [1.29, 1.82) is 0 Å². The summed E-state index contributed by atoms with van der Waals surface area (Å²) in [5.74, 6) is 0.557. The Bertz CT molecular complexity index is 684. The van der Waals surface area contributed by atoms with Crippen LogP contribution in [0.4, 0.5) is 4.79 Å². The highest BCUT2D eigenvalue weighted by Crippen LogP contribution is 2.37. The average Bonchev–Trinajstić information content (AvgIpc) is 3.09. The van der Waals surface area contributed by atoms with Crippen molar-refractivity contribution in [2.45, 2.75) is 50.1 Å². The van der Waals surface area contributed by atoms with Crippen molar-refractivity contribution >= 4 is 15.9 Å². The second-order valence-corrected chi connectivity index (χ2v) is 8.96. The minimum atomic E-state index is -3.39. The van der Waals surface area contributed by atoms with E-state index in [-0.39, 0.29) is 11.8 Å². The zero-order chi connectivity index (χ0) is 16.6. The fourth-order valence-corrected chi connectivity index (χ4v) is 5.16. The maximum Gasteiger partial charge on any atom is 0.317 e. The molecular weight excluding hydrogens is 312 g/mol. The topological polar surface area (TPSA) is 66.5 Å². The molecule has 5 nitrogen and oxygen atoms in total. The van der Waals surface area contributed by atoms with E-state index in [9.17, 15) is 13.2 Å². The summed E-state index contributed by atoms with van der Waals surface area (Å²) in [6.45, 7) is 4.48. The number of fused-ring (bicyclic) bond motifs is 2. The Balaban J connectivity index is 1.59. The molecule has 1 saturated heterocycles. The van der Waals surface area contributed by atoms with Gasteiger partial charge in [0.25, 0.3) is 0 Å². The van der Waals surface area contributed by atoms with Crippen LogP contribution in [0, 0.1) is 12.8 Å². The van der Waals surface area contributed by atoms with Crippen molar-refractivity contribution in [2.75, 3.05) is 12.3 Å². The zero-order valence-electron chi connectivity index (χ0n) is 13.7. The summed E-state index contributed by atoms with van der Waals surface area (Å²) in [5, 5.41) is 2.85. The smallest absolute Gasteiger partial charge is 0.317 e. The van der Waals surface area contributed by atoms with Crippen molar-refractivity contribution < 1.29 is 13.2 Å². The van der Waals surface area contributed by atoms with E-state index in [0.29, 0.717) is 16.9 Å². The van der Waals surface area contributed by atoms with Gasteiger partial charge in [-0.15, -0.1) is 0 Å². The molecule has 3 atom stereocenters. The number of nitrogens with zero attached hydrogens (tertiary/aromatic N) is 1. The average molecular weight is 336 g/mol. The Kier molecular flexibility index (Phi) is 4.36. The fraction of sp³-hybridized carbons (Fsp3) is 0.588. The largest absolute Gasteiger partial charge is 0.334 e. The minimum Gasteiger partial charge on any atom is -0.334 e. The summed E-state index contributed by atoms with van der Waals surface area (Å²) in [5.41, 5.74) is 1.02. The molecule has 23 heavy (non-hydrogen) atoms. The van der Waals surface area contributed by atoms with Gasteiger partial charge in [-0.1, -0.05) is 17.7 Å². The van der Waals surface area contributed by atoms with Crippen molar-refractivity contribution in [1.82, 2.24) is 10.2 Å². The number of aryl methyl sites for hydroxylation is 1. The second kappa shape index (κ2) is 6.15. The molecule has 1 saturated carbocycles. The third-order valence-electron chi connectivity index (χ3n) is 4.89. The molecule has 1 aromatic rings. The van der Waals surface area contributed by atoms with E-state index in [1.165, 1.54) is 6.42 Å². The Morgan fingerprint density at radius 3 is 2.57 bits per heavy atom. The van der Waals surface area contributed by atoms with E-state index in [2.05, 4.69) is 5.32 Å². The molecule has 1 aliphatic heterocycles. The van der Waals surface area contributed by atoms with E-state index >= 15 is 0 Å². The van der Waals surface area contributed by atoms with Gasteiger partial charge in [-0.25, -0.2) is 13.2 Å². The number of sulfone groups is 1. The lowest BCUT2D eigenvalue weighted by molar-refractivity contribution is 0.178. The lowest BCUT2D eigenvalue weighted by Crippen LogP contribution is -2.48. The predicted octanol–water partition coefficient (Wildman–Crippen LogP) is 2.35. The van der Waals surface area contributed by atoms with Crippen LogP contribution in [0.5, 0.6) is 0 Å². The molecule has 2 bridgehead atoms. The van der Waals surface area contributed by atoms with Crippen LogP contribution >= 0.6 is 0 Å². The molecule has 2 aliphatic rings. The highest BCUT2D eigenvalue weighted by molar-refractivity contribution is 7.91. The van der Waals surface area contributed by atoms with Gasteiger partial charge >= 0.3 is 6.03 Å². The van der Waals surface area contributed by atoms with Gasteiger partial charge in [-0.2, -0.15) is 0 Å². The van der Waals surface area contributed by atoms with Crippen LogP contribution in [0.25, 0.3) is 0 Å². The van der Waals surface area contributed by atoms with E-state index in [1.807, 2.05) is 11.8 Å². The van der Waals surface area contributed by atoms with Crippen molar-refractivity contribution in [3.8, 4) is 0 Å². The van der Waals surface area contributed by atoms with Gasteiger partial charge in [0.2, 0.25) is 0 Å². The number of likely N-dealkylation sites (tertiary alicyclic amines) is 1. The van der Waals surface area contributed by atoms with E-state index in [4.69, 9.17) is 0 Å². The highest BCUT2D eigenvalue weighted by Gasteiger charge is 2.40. The molecule has 1 heterocycles. The van der Waals surface area contributed by atoms with Gasteiger partial charge in [0.15, 0.2) is 9.84 Å². The summed E-state index contributed by atoms with van der Waals surface area (Å²) < 4.78 is 24.8. The van der Waals surface area contributed by atoms with Crippen LogP contribution in [-0.4, -0.2) is 43.7 Å². The molecule has 0 spiro atoms. The maximum absolute atomic E-state index is 12.4. The summed E-state index contributed by atoms with van der Waals surface area (Å²) in [4.78, 5) is 14.5. The van der Waals surface area contributed by atoms with Crippen molar-refractivity contribution in [3.63, 3.8) is 0 Å². The number of hydrogen-bond acceptors (Lipinski definition) is 3. The Morgan fingerprint density at radius 2 is 2.00 bits per heavy atom. The molecule has 0 aromatic heterocycles.